The van der Waals surface area contributed by atoms with E-state index in [0.717, 1.165) is 25.9 Å². The van der Waals surface area contributed by atoms with Crippen LogP contribution in [0.5, 0.6) is 0 Å². The van der Waals surface area contributed by atoms with Crippen LogP contribution < -0.4 is 5.73 Å². The van der Waals surface area contributed by atoms with Crippen molar-refractivity contribution >= 4 is 5.91 Å². The van der Waals surface area contributed by atoms with Crippen LogP contribution in [-0.4, -0.2) is 54.0 Å². The van der Waals surface area contributed by atoms with E-state index in [9.17, 15) is 4.79 Å². The first-order valence-corrected chi connectivity index (χ1v) is 7.88. The smallest absolute Gasteiger partial charge is 0.239 e. The molecule has 1 amide bonds. The first kappa shape index (κ1) is 14.8. The number of amides is 1. The summed E-state index contributed by atoms with van der Waals surface area (Å²) in [6.45, 7) is 8.32. The Hall–Kier alpha value is -0.610. The lowest BCUT2D eigenvalue weighted by molar-refractivity contribution is -0.135. The third-order valence-corrected chi connectivity index (χ3v) is 4.69. The van der Waals surface area contributed by atoms with Crippen molar-refractivity contribution < 1.29 is 4.79 Å². The van der Waals surface area contributed by atoms with Crippen LogP contribution in [0.3, 0.4) is 0 Å². The highest BCUT2D eigenvalue weighted by Gasteiger charge is 2.30. The lowest BCUT2D eigenvalue weighted by Gasteiger charge is -2.41. The number of piperidine rings is 2. The number of hydrogen-bond acceptors (Lipinski definition) is 3. The average Bonchev–Trinajstić information content (AvgIpc) is 2.46. The van der Waals surface area contributed by atoms with Crippen molar-refractivity contribution in [1.82, 2.24) is 9.80 Å². The topological polar surface area (TPSA) is 49.6 Å². The maximum atomic E-state index is 12.2. The monoisotopic (exact) mass is 267 g/mol. The van der Waals surface area contributed by atoms with Crippen LogP contribution in [0.25, 0.3) is 0 Å². The van der Waals surface area contributed by atoms with E-state index in [0.29, 0.717) is 6.04 Å². The third kappa shape index (κ3) is 3.69. The van der Waals surface area contributed by atoms with Gasteiger partial charge in [-0.2, -0.15) is 0 Å². The highest BCUT2D eigenvalue weighted by molar-refractivity contribution is 5.82. The van der Waals surface area contributed by atoms with Crippen LogP contribution in [0, 0.1) is 5.92 Å². The van der Waals surface area contributed by atoms with Gasteiger partial charge in [0.1, 0.15) is 0 Å². The first-order chi connectivity index (χ1) is 9.09. The summed E-state index contributed by atoms with van der Waals surface area (Å²) >= 11 is 0. The number of hydrogen-bond donors (Lipinski definition) is 1. The number of nitrogens with zero attached hydrogens (tertiary/aromatic N) is 2. The molecule has 0 radical (unpaired) electrons. The molecule has 0 aromatic heterocycles. The van der Waals surface area contributed by atoms with Crippen molar-refractivity contribution in [3.8, 4) is 0 Å². The maximum absolute atomic E-state index is 12.2. The van der Waals surface area contributed by atoms with E-state index in [4.69, 9.17) is 5.73 Å². The molecule has 1 unspecified atom stereocenters. The molecule has 4 nitrogen and oxygen atoms in total. The number of likely N-dealkylation sites (tertiary alicyclic amines) is 2. The van der Waals surface area contributed by atoms with Gasteiger partial charge in [0.15, 0.2) is 0 Å². The Kier molecular flexibility index (Phi) is 5.22. The SMILES string of the molecule is CC(C)C(N)C(=O)N1CCC(N2CCCCC2)CC1. The van der Waals surface area contributed by atoms with Crippen LogP contribution in [0.1, 0.15) is 46.0 Å². The average molecular weight is 267 g/mol. The minimum absolute atomic E-state index is 0.145. The Labute approximate surface area is 117 Å². The number of carbonyl (C=O) groups excluding carboxylic acids is 1. The molecule has 0 aromatic rings. The summed E-state index contributed by atoms with van der Waals surface area (Å²) in [6, 6.07) is 0.367. The zero-order chi connectivity index (χ0) is 13.8. The number of rotatable bonds is 3. The van der Waals surface area contributed by atoms with Crippen molar-refractivity contribution in [1.29, 1.82) is 0 Å². The standard InChI is InChI=1S/C15H29N3O/c1-12(2)14(16)15(19)18-10-6-13(7-11-18)17-8-4-3-5-9-17/h12-14H,3-11,16H2,1-2H3. The number of carbonyl (C=O) groups is 1. The first-order valence-electron chi connectivity index (χ1n) is 7.88. The molecule has 2 fully saturated rings. The fourth-order valence-corrected chi connectivity index (χ4v) is 3.23. The van der Waals surface area contributed by atoms with Gasteiger partial charge in [-0.15, -0.1) is 0 Å². The maximum Gasteiger partial charge on any atom is 0.239 e. The fourth-order valence-electron chi connectivity index (χ4n) is 3.23. The normalized spacial score (nSPS) is 24.7. The van der Waals surface area contributed by atoms with Crippen molar-refractivity contribution in [3.63, 3.8) is 0 Å². The van der Waals surface area contributed by atoms with Crippen LogP contribution in [0.4, 0.5) is 0 Å². The Morgan fingerprint density at radius 1 is 1.05 bits per heavy atom. The Morgan fingerprint density at radius 2 is 1.63 bits per heavy atom. The highest BCUT2D eigenvalue weighted by atomic mass is 16.2. The van der Waals surface area contributed by atoms with Gasteiger partial charge in [-0.3, -0.25) is 4.79 Å². The van der Waals surface area contributed by atoms with E-state index in [1.165, 1.54) is 32.4 Å². The number of nitrogens with two attached hydrogens (primary N) is 1. The lowest BCUT2D eigenvalue weighted by Crippen LogP contribution is -2.52. The van der Waals surface area contributed by atoms with Gasteiger partial charge in [-0.25, -0.2) is 0 Å². The molecule has 110 valence electrons. The summed E-state index contributed by atoms with van der Waals surface area (Å²) in [5, 5.41) is 0. The van der Waals surface area contributed by atoms with E-state index < -0.39 is 0 Å². The zero-order valence-electron chi connectivity index (χ0n) is 12.5. The predicted molar refractivity (Wildman–Crippen MR) is 77.8 cm³/mol. The molecule has 0 bridgehead atoms. The second kappa shape index (κ2) is 6.71. The Balaban J connectivity index is 1.80. The van der Waals surface area contributed by atoms with Crippen LogP contribution >= 0.6 is 0 Å². The Bertz CT molecular complexity index is 292. The van der Waals surface area contributed by atoms with Crippen molar-refractivity contribution in [2.45, 2.75) is 58.0 Å². The second-order valence-electron chi connectivity index (χ2n) is 6.42. The van der Waals surface area contributed by atoms with Gasteiger partial charge in [0.25, 0.3) is 0 Å². The molecule has 19 heavy (non-hydrogen) atoms. The molecular weight excluding hydrogens is 238 g/mol. The van der Waals surface area contributed by atoms with E-state index in [2.05, 4.69) is 4.90 Å². The lowest BCUT2D eigenvalue weighted by atomic mass is 9.98. The molecule has 2 N–H and O–H groups in total. The van der Waals surface area contributed by atoms with Crippen LogP contribution in [0.2, 0.25) is 0 Å². The quantitative estimate of drug-likeness (QED) is 0.842. The molecule has 2 rings (SSSR count). The molecule has 2 heterocycles. The minimum atomic E-state index is -0.327. The third-order valence-electron chi connectivity index (χ3n) is 4.69. The van der Waals surface area contributed by atoms with E-state index in [1.807, 2.05) is 18.7 Å². The van der Waals surface area contributed by atoms with Crippen molar-refractivity contribution in [2.75, 3.05) is 26.2 Å². The Morgan fingerprint density at radius 3 is 2.16 bits per heavy atom. The summed E-state index contributed by atoms with van der Waals surface area (Å²) in [5.74, 6) is 0.374. The summed E-state index contributed by atoms with van der Waals surface area (Å²) in [6.07, 6.45) is 6.32. The van der Waals surface area contributed by atoms with E-state index >= 15 is 0 Å². The van der Waals surface area contributed by atoms with Gasteiger partial charge in [0, 0.05) is 19.1 Å². The van der Waals surface area contributed by atoms with Crippen LogP contribution in [-0.2, 0) is 4.79 Å². The molecule has 2 aliphatic heterocycles. The molecular formula is C15H29N3O. The predicted octanol–water partition coefficient (Wildman–Crippen LogP) is 1.45. The molecule has 0 spiro atoms. The molecule has 0 saturated carbocycles. The van der Waals surface area contributed by atoms with Gasteiger partial charge in [-0.05, 0) is 44.7 Å². The van der Waals surface area contributed by atoms with Gasteiger partial charge >= 0.3 is 0 Å². The summed E-state index contributed by atoms with van der Waals surface area (Å²) in [4.78, 5) is 16.8. The zero-order valence-corrected chi connectivity index (χ0v) is 12.5. The highest BCUT2D eigenvalue weighted by Crippen LogP contribution is 2.21. The molecule has 4 heteroatoms. The van der Waals surface area contributed by atoms with Crippen molar-refractivity contribution in [3.05, 3.63) is 0 Å². The minimum Gasteiger partial charge on any atom is -0.341 e. The molecule has 2 aliphatic rings. The summed E-state index contributed by atoms with van der Waals surface area (Å²) in [7, 11) is 0. The summed E-state index contributed by atoms with van der Waals surface area (Å²) in [5.41, 5.74) is 5.97. The van der Waals surface area contributed by atoms with Crippen molar-refractivity contribution in [2.24, 2.45) is 11.7 Å². The van der Waals surface area contributed by atoms with Gasteiger partial charge in [-0.1, -0.05) is 20.3 Å². The van der Waals surface area contributed by atoms with Gasteiger partial charge < -0.3 is 15.5 Å². The second-order valence-corrected chi connectivity index (χ2v) is 6.42. The van der Waals surface area contributed by atoms with Gasteiger partial charge in [0.2, 0.25) is 5.91 Å². The fraction of sp³-hybridized carbons (Fsp3) is 0.933. The van der Waals surface area contributed by atoms with Gasteiger partial charge in [0.05, 0.1) is 6.04 Å². The van der Waals surface area contributed by atoms with Crippen LogP contribution in [0.15, 0.2) is 0 Å². The molecule has 0 aliphatic carbocycles. The van der Waals surface area contributed by atoms with E-state index in [1.54, 1.807) is 0 Å². The molecule has 2 saturated heterocycles. The molecule has 1 atom stereocenters. The summed E-state index contributed by atoms with van der Waals surface area (Å²) < 4.78 is 0. The van der Waals surface area contributed by atoms with E-state index in [-0.39, 0.29) is 17.9 Å². The largest absolute Gasteiger partial charge is 0.341 e. The molecule has 0 aromatic carbocycles.